The number of halogens is 1. The van der Waals surface area contributed by atoms with Crippen LogP contribution in [0.2, 0.25) is 5.02 Å². The topological polar surface area (TPSA) is 17.1 Å². The molecule has 0 spiro atoms. The summed E-state index contributed by atoms with van der Waals surface area (Å²) in [5.41, 5.74) is 3.63. The van der Waals surface area contributed by atoms with E-state index in [9.17, 15) is 4.79 Å². The van der Waals surface area contributed by atoms with E-state index in [0.29, 0.717) is 5.02 Å². The Kier molecular flexibility index (Phi) is 3.00. The number of Topliss-reactive ketones (excluding diaryl/α,β-unsaturated/α-hetero) is 1. The molecule has 2 aromatic carbocycles. The molecule has 0 aliphatic heterocycles. The van der Waals surface area contributed by atoms with Crippen molar-refractivity contribution in [2.45, 2.75) is 12.8 Å². The first-order valence-corrected chi connectivity index (χ1v) is 6.66. The molecule has 0 amide bonds. The highest BCUT2D eigenvalue weighted by Crippen LogP contribution is 2.38. The molecule has 0 bridgehead atoms. The second kappa shape index (κ2) is 4.67. The number of rotatable bonds is 1. The first kappa shape index (κ1) is 12.2. The number of carbonyl (C=O) groups excluding carboxylic acids is 1. The molecule has 1 nitrogen and oxygen atoms in total. The van der Waals surface area contributed by atoms with Crippen molar-refractivity contribution in [2.24, 2.45) is 0 Å². The van der Waals surface area contributed by atoms with E-state index in [1.807, 2.05) is 54.6 Å². The zero-order valence-corrected chi connectivity index (χ0v) is 11.3. The molecule has 94 valence electrons. The number of fused-ring (bicyclic) bond motifs is 1. The molecule has 1 aliphatic rings. The summed E-state index contributed by atoms with van der Waals surface area (Å²) in [7, 11) is 0. The third kappa shape index (κ3) is 2.00. The number of allylic oxidation sites excluding steroid dienone is 1. The van der Waals surface area contributed by atoms with Crippen LogP contribution < -0.4 is 0 Å². The number of carbonyl (C=O) groups is 1. The van der Waals surface area contributed by atoms with Crippen LogP contribution in [0.1, 0.15) is 34.3 Å². The van der Waals surface area contributed by atoms with Gasteiger partial charge in [-0.25, -0.2) is 0 Å². The maximum absolute atomic E-state index is 12.4. The van der Waals surface area contributed by atoms with Crippen LogP contribution in [0.25, 0.3) is 6.08 Å². The molecule has 0 aromatic heterocycles. The molecule has 0 saturated heterocycles. The Morgan fingerprint density at radius 1 is 1.05 bits per heavy atom. The van der Waals surface area contributed by atoms with Crippen LogP contribution in [0.3, 0.4) is 0 Å². The van der Waals surface area contributed by atoms with Gasteiger partial charge in [-0.1, -0.05) is 61.0 Å². The molecule has 3 rings (SSSR count). The van der Waals surface area contributed by atoms with Crippen LogP contribution in [0.4, 0.5) is 0 Å². The Morgan fingerprint density at radius 3 is 2.47 bits per heavy atom. The maximum atomic E-state index is 12.4. The quantitative estimate of drug-likeness (QED) is 0.684. The van der Waals surface area contributed by atoms with E-state index < -0.39 is 0 Å². The molecule has 0 saturated carbocycles. The first-order valence-electron chi connectivity index (χ1n) is 6.28. The first-order chi connectivity index (χ1) is 9.18. The van der Waals surface area contributed by atoms with Gasteiger partial charge in [-0.05, 0) is 23.3 Å². The monoisotopic (exact) mass is 268 g/mol. The summed E-state index contributed by atoms with van der Waals surface area (Å²) in [6, 6.07) is 15.4. The third-order valence-corrected chi connectivity index (χ3v) is 3.96. The second-order valence-electron chi connectivity index (χ2n) is 4.76. The molecule has 2 aromatic rings. The Bertz CT molecular complexity index is 685. The lowest BCUT2D eigenvalue weighted by Gasteiger charge is -2.06. The SMILES string of the molecule is CC1/C(=C/c2ccccc2Cl)C(=O)c2ccccc21. The van der Waals surface area contributed by atoms with E-state index in [-0.39, 0.29) is 11.7 Å². The van der Waals surface area contributed by atoms with Gasteiger partial charge < -0.3 is 0 Å². The van der Waals surface area contributed by atoms with Crippen molar-refractivity contribution in [1.29, 1.82) is 0 Å². The molecular weight excluding hydrogens is 256 g/mol. The van der Waals surface area contributed by atoms with Crippen molar-refractivity contribution in [3.05, 3.63) is 75.8 Å². The van der Waals surface area contributed by atoms with Gasteiger partial charge in [0.25, 0.3) is 0 Å². The fraction of sp³-hybridized carbons (Fsp3) is 0.118. The van der Waals surface area contributed by atoms with E-state index in [0.717, 1.165) is 22.3 Å². The molecular formula is C17H13ClO. The third-order valence-electron chi connectivity index (χ3n) is 3.62. The van der Waals surface area contributed by atoms with Crippen LogP contribution in [-0.2, 0) is 0 Å². The number of hydrogen-bond acceptors (Lipinski definition) is 1. The van der Waals surface area contributed by atoms with Gasteiger partial charge >= 0.3 is 0 Å². The van der Waals surface area contributed by atoms with Gasteiger partial charge in [0.05, 0.1) is 0 Å². The smallest absolute Gasteiger partial charge is 0.189 e. The summed E-state index contributed by atoms with van der Waals surface area (Å²) in [5.74, 6) is 0.239. The van der Waals surface area contributed by atoms with Crippen molar-refractivity contribution in [3.63, 3.8) is 0 Å². The predicted molar refractivity (Wildman–Crippen MR) is 78.6 cm³/mol. The van der Waals surface area contributed by atoms with Crippen molar-refractivity contribution in [3.8, 4) is 0 Å². The molecule has 0 radical (unpaired) electrons. The Morgan fingerprint density at radius 2 is 1.74 bits per heavy atom. The average molecular weight is 269 g/mol. The lowest BCUT2D eigenvalue weighted by molar-refractivity contribution is 0.103. The fourth-order valence-corrected chi connectivity index (χ4v) is 2.74. The normalized spacial score (nSPS) is 19.8. The average Bonchev–Trinajstić information content (AvgIpc) is 2.67. The van der Waals surface area contributed by atoms with Gasteiger partial charge in [-0.2, -0.15) is 0 Å². The maximum Gasteiger partial charge on any atom is 0.189 e. The summed E-state index contributed by atoms with van der Waals surface area (Å²) in [6.07, 6.45) is 1.91. The van der Waals surface area contributed by atoms with Crippen LogP contribution in [-0.4, -0.2) is 5.78 Å². The van der Waals surface area contributed by atoms with Crippen molar-refractivity contribution in [2.75, 3.05) is 0 Å². The van der Waals surface area contributed by atoms with E-state index in [1.165, 1.54) is 0 Å². The van der Waals surface area contributed by atoms with Crippen LogP contribution in [0.5, 0.6) is 0 Å². The van der Waals surface area contributed by atoms with Crippen molar-refractivity contribution < 1.29 is 4.79 Å². The molecule has 0 fully saturated rings. The van der Waals surface area contributed by atoms with E-state index in [2.05, 4.69) is 6.92 Å². The Labute approximate surface area is 117 Å². The van der Waals surface area contributed by atoms with Crippen LogP contribution in [0, 0.1) is 0 Å². The lowest BCUT2D eigenvalue weighted by atomic mass is 9.98. The standard InChI is InChI=1S/C17H13ClO/c1-11-13-7-3-4-8-14(13)17(19)15(11)10-12-6-2-5-9-16(12)18/h2-11H,1H3/b15-10-. The molecule has 19 heavy (non-hydrogen) atoms. The summed E-state index contributed by atoms with van der Waals surface area (Å²) in [4.78, 5) is 12.4. The number of hydrogen-bond donors (Lipinski definition) is 0. The van der Waals surface area contributed by atoms with E-state index >= 15 is 0 Å². The minimum Gasteiger partial charge on any atom is -0.289 e. The highest BCUT2D eigenvalue weighted by atomic mass is 35.5. The zero-order valence-electron chi connectivity index (χ0n) is 10.6. The minimum absolute atomic E-state index is 0.114. The second-order valence-corrected chi connectivity index (χ2v) is 5.17. The summed E-state index contributed by atoms with van der Waals surface area (Å²) < 4.78 is 0. The van der Waals surface area contributed by atoms with Crippen LogP contribution in [0.15, 0.2) is 54.1 Å². The molecule has 1 unspecified atom stereocenters. The van der Waals surface area contributed by atoms with Gasteiger partial charge in [0, 0.05) is 22.1 Å². The van der Waals surface area contributed by atoms with Gasteiger partial charge in [0.2, 0.25) is 0 Å². The lowest BCUT2D eigenvalue weighted by Crippen LogP contribution is -1.97. The number of ketones is 1. The Balaban J connectivity index is 2.10. The summed E-state index contributed by atoms with van der Waals surface area (Å²) in [6.45, 7) is 2.06. The van der Waals surface area contributed by atoms with Gasteiger partial charge in [0.1, 0.15) is 0 Å². The predicted octanol–water partition coefficient (Wildman–Crippen LogP) is 4.72. The fourth-order valence-electron chi connectivity index (χ4n) is 2.55. The molecule has 2 heteroatoms. The highest BCUT2D eigenvalue weighted by molar-refractivity contribution is 6.32. The summed E-state index contributed by atoms with van der Waals surface area (Å²) in [5, 5.41) is 0.672. The van der Waals surface area contributed by atoms with Gasteiger partial charge in [-0.15, -0.1) is 0 Å². The zero-order chi connectivity index (χ0) is 13.4. The summed E-state index contributed by atoms with van der Waals surface area (Å²) >= 11 is 6.15. The van der Waals surface area contributed by atoms with E-state index in [4.69, 9.17) is 11.6 Å². The molecule has 0 heterocycles. The van der Waals surface area contributed by atoms with Gasteiger partial charge in [0.15, 0.2) is 5.78 Å². The molecule has 0 N–H and O–H groups in total. The molecule has 1 aliphatic carbocycles. The minimum atomic E-state index is 0.114. The number of benzene rings is 2. The Hall–Kier alpha value is -1.86. The largest absolute Gasteiger partial charge is 0.289 e. The van der Waals surface area contributed by atoms with Crippen LogP contribution >= 0.6 is 11.6 Å². The highest BCUT2D eigenvalue weighted by Gasteiger charge is 2.30. The van der Waals surface area contributed by atoms with E-state index in [1.54, 1.807) is 0 Å². The van der Waals surface area contributed by atoms with Crippen molar-refractivity contribution >= 4 is 23.5 Å². The molecule has 1 atom stereocenters. The van der Waals surface area contributed by atoms with Crippen molar-refractivity contribution in [1.82, 2.24) is 0 Å². The van der Waals surface area contributed by atoms with Gasteiger partial charge in [-0.3, -0.25) is 4.79 Å².